The summed E-state index contributed by atoms with van der Waals surface area (Å²) in [5.41, 5.74) is 0.588. The molecule has 0 saturated heterocycles. The highest BCUT2D eigenvalue weighted by molar-refractivity contribution is 5.70. The summed E-state index contributed by atoms with van der Waals surface area (Å²) in [6, 6.07) is 4.88. The van der Waals surface area contributed by atoms with Gasteiger partial charge < -0.3 is 4.57 Å². The third-order valence-electron chi connectivity index (χ3n) is 5.22. The molecule has 0 spiro atoms. The molecule has 1 saturated carbocycles. The van der Waals surface area contributed by atoms with E-state index in [0.29, 0.717) is 17.9 Å². The molecule has 0 radical (unpaired) electrons. The van der Waals surface area contributed by atoms with E-state index in [2.05, 4.69) is 15.0 Å². The molecular weight excluding hydrogens is 385 g/mol. The predicted molar refractivity (Wildman–Crippen MR) is 97.4 cm³/mol. The van der Waals surface area contributed by atoms with Crippen LogP contribution in [0, 0.1) is 17.2 Å². The molecule has 0 aromatic carbocycles. The van der Waals surface area contributed by atoms with Gasteiger partial charge in [-0.3, -0.25) is 9.36 Å². The molecule has 3 aromatic rings. The van der Waals surface area contributed by atoms with Crippen molar-refractivity contribution in [2.45, 2.75) is 44.8 Å². The summed E-state index contributed by atoms with van der Waals surface area (Å²) < 4.78 is 42.0. The number of nitriles is 1. The number of pyridine rings is 1. The minimum atomic E-state index is -4.26. The lowest BCUT2D eigenvalue weighted by Crippen LogP contribution is -2.38. The molecule has 1 aliphatic carbocycles. The van der Waals surface area contributed by atoms with Gasteiger partial charge in [0.2, 0.25) is 0 Å². The molecular formula is C19H17F3N6O. The lowest BCUT2D eigenvalue weighted by Gasteiger charge is -2.36. The Morgan fingerprint density at radius 1 is 1.28 bits per heavy atom. The molecule has 0 unspecified atom stereocenters. The van der Waals surface area contributed by atoms with Gasteiger partial charge in [-0.15, -0.1) is 0 Å². The van der Waals surface area contributed by atoms with Crippen LogP contribution in [0.15, 0.2) is 29.5 Å². The zero-order valence-corrected chi connectivity index (χ0v) is 15.5. The normalized spacial score (nSPS) is 19.1. The smallest absolute Gasteiger partial charge is 0.315 e. The highest BCUT2D eigenvalue weighted by atomic mass is 19.4. The van der Waals surface area contributed by atoms with Crippen LogP contribution in [0.4, 0.5) is 13.2 Å². The molecule has 7 nitrogen and oxygen atoms in total. The second-order valence-electron chi connectivity index (χ2n) is 7.14. The van der Waals surface area contributed by atoms with E-state index in [-0.39, 0.29) is 29.9 Å². The standard InChI is InChI=1S/C19H17F3N6O/c1-2-5-27-10-25-15-17(27)26-16(11-6-12(7-11)19(20,21)22)28(18(15)29)14-4-3-13(8-23)24-9-14/h3-4,9-12H,2,5-7H2,1H3. The minimum Gasteiger partial charge on any atom is -0.315 e. The van der Waals surface area contributed by atoms with E-state index in [1.807, 2.05) is 13.0 Å². The van der Waals surface area contributed by atoms with E-state index in [1.165, 1.54) is 29.2 Å². The molecule has 1 aliphatic rings. The van der Waals surface area contributed by atoms with Crippen molar-refractivity contribution in [3.8, 4) is 11.8 Å². The van der Waals surface area contributed by atoms with Gasteiger partial charge in [0.15, 0.2) is 11.2 Å². The summed E-state index contributed by atoms with van der Waals surface area (Å²) in [5.74, 6) is -1.63. The number of alkyl halides is 3. The average Bonchev–Trinajstić information content (AvgIpc) is 3.03. The van der Waals surface area contributed by atoms with E-state index in [4.69, 9.17) is 5.26 Å². The first-order valence-electron chi connectivity index (χ1n) is 9.24. The number of halogens is 3. The van der Waals surface area contributed by atoms with Gasteiger partial charge in [0, 0.05) is 12.5 Å². The molecule has 3 aromatic heterocycles. The third-order valence-corrected chi connectivity index (χ3v) is 5.22. The first kappa shape index (κ1) is 19.1. The molecule has 0 aliphatic heterocycles. The number of hydrogen-bond acceptors (Lipinski definition) is 5. The van der Waals surface area contributed by atoms with Crippen molar-refractivity contribution in [3.63, 3.8) is 0 Å². The monoisotopic (exact) mass is 402 g/mol. The fourth-order valence-corrected chi connectivity index (χ4v) is 3.62. The molecule has 0 bridgehead atoms. The van der Waals surface area contributed by atoms with Gasteiger partial charge in [0.25, 0.3) is 5.56 Å². The molecule has 3 heterocycles. The number of imidazole rings is 1. The molecule has 0 atom stereocenters. The van der Waals surface area contributed by atoms with Gasteiger partial charge in [0.1, 0.15) is 17.6 Å². The van der Waals surface area contributed by atoms with Gasteiger partial charge in [-0.1, -0.05) is 6.92 Å². The summed E-state index contributed by atoms with van der Waals surface area (Å²) in [6.45, 7) is 2.57. The Labute approximate surface area is 163 Å². The largest absolute Gasteiger partial charge is 0.391 e. The number of hydrogen-bond donors (Lipinski definition) is 0. The topological polar surface area (TPSA) is 89.4 Å². The van der Waals surface area contributed by atoms with Crippen LogP contribution >= 0.6 is 0 Å². The zero-order valence-electron chi connectivity index (χ0n) is 15.5. The SMILES string of the molecule is CCCn1cnc2c(=O)n(-c3ccc(C#N)nc3)c(C3CC(C(F)(F)F)C3)nc21. The Kier molecular flexibility index (Phi) is 4.61. The van der Waals surface area contributed by atoms with Crippen molar-refractivity contribution >= 4 is 11.2 Å². The van der Waals surface area contributed by atoms with Crippen LogP contribution in [0.2, 0.25) is 0 Å². The summed E-state index contributed by atoms with van der Waals surface area (Å²) in [7, 11) is 0. The van der Waals surface area contributed by atoms with Crippen LogP contribution in [0.25, 0.3) is 16.9 Å². The summed E-state index contributed by atoms with van der Waals surface area (Å²) in [6.07, 6.45) is -0.830. The van der Waals surface area contributed by atoms with Crippen molar-refractivity contribution in [2.75, 3.05) is 0 Å². The molecule has 29 heavy (non-hydrogen) atoms. The molecule has 4 rings (SSSR count). The van der Waals surface area contributed by atoms with Crippen molar-refractivity contribution in [1.29, 1.82) is 5.26 Å². The Bertz CT molecular complexity index is 1150. The Hall–Kier alpha value is -3.22. The van der Waals surface area contributed by atoms with E-state index < -0.39 is 23.6 Å². The maximum Gasteiger partial charge on any atom is 0.391 e. The van der Waals surface area contributed by atoms with Crippen molar-refractivity contribution in [2.24, 2.45) is 5.92 Å². The highest BCUT2D eigenvalue weighted by Gasteiger charge is 2.49. The second-order valence-corrected chi connectivity index (χ2v) is 7.14. The second kappa shape index (κ2) is 6.99. The Morgan fingerprint density at radius 2 is 2.03 bits per heavy atom. The van der Waals surface area contributed by atoms with Gasteiger partial charge in [-0.05, 0) is 31.4 Å². The highest BCUT2D eigenvalue weighted by Crippen LogP contribution is 2.49. The van der Waals surface area contributed by atoms with Crippen molar-refractivity contribution in [3.05, 3.63) is 46.5 Å². The van der Waals surface area contributed by atoms with Gasteiger partial charge in [0.05, 0.1) is 24.1 Å². The van der Waals surface area contributed by atoms with Crippen molar-refractivity contribution in [1.82, 2.24) is 24.1 Å². The fraction of sp³-hybridized carbons (Fsp3) is 0.421. The molecule has 150 valence electrons. The number of rotatable bonds is 4. The van der Waals surface area contributed by atoms with Gasteiger partial charge in [-0.2, -0.15) is 18.4 Å². The lowest BCUT2D eigenvalue weighted by atomic mass is 9.74. The van der Waals surface area contributed by atoms with Crippen LogP contribution in [-0.2, 0) is 6.54 Å². The summed E-state index contributed by atoms with van der Waals surface area (Å²) in [5, 5.41) is 8.93. The quantitative estimate of drug-likeness (QED) is 0.668. The Morgan fingerprint density at radius 3 is 2.62 bits per heavy atom. The average molecular weight is 402 g/mol. The minimum absolute atomic E-state index is 0.118. The Balaban J connectivity index is 1.87. The van der Waals surface area contributed by atoms with Crippen LogP contribution < -0.4 is 5.56 Å². The van der Waals surface area contributed by atoms with E-state index in [9.17, 15) is 18.0 Å². The number of aromatic nitrogens is 5. The lowest BCUT2D eigenvalue weighted by molar-refractivity contribution is -0.198. The summed E-state index contributed by atoms with van der Waals surface area (Å²) >= 11 is 0. The zero-order chi connectivity index (χ0) is 20.8. The van der Waals surface area contributed by atoms with E-state index in [1.54, 1.807) is 4.57 Å². The first-order valence-corrected chi connectivity index (χ1v) is 9.24. The molecule has 0 amide bonds. The van der Waals surface area contributed by atoms with E-state index >= 15 is 0 Å². The molecule has 10 heteroatoms. The predicted octanol–water partition coefficient (Wildman–Crippen LogP) is 3.31. The van der Waals surface area contributed by atoms with Crippen molar-refractivity contribution < 1.29 is 13.2 Å². The van der Waals surface area contributed by atoms with Crippen LogP contribution in [0.3, 0.4) is 0 Å². The maximum atomic E-state index is 13.2. The van der Waals surface area contributed by atoms with E-state index in [0.717, 1.165) is 6.42 Å². The first-order chi connectivity index (χ1) is 13.8. The summed E-state index contributed by atoms with van der Waals surface area (Å²) in [4.78, 5) is 25.9. The molecule has 1 fully saturated rings. The number of aryl methyl sites for hydroxylation is 1. The molecule has 0 N–H and O–H groups in total. The van der Waals surface area contributed by atoms with Crippen LogP contribution in [0.1, 0.15) is 43.6 Å². The third kappa shape index (κ3) is 3.26. The van der Waals surface area contributed by atoms with Gasteiger partial charge in [-0.25, -0.2) is 15.0 Å². The van der Waals surface area contributed by atoms with Gasteiger partial charge >= 0.3 is 6.18 Å². The van der Waals surface area contributed by atoms with Crippen LogP contribution in [0.5, 0.6) is 0 Å². The van der Waals surface area contributed by atoms with Crippen LogP contribution in [-0.4, -0.2) is 30.3 Å². The number of nitrogens with zero attached hydrogens (tertiary/aromatic N) is 6. The maximum absolute atomic E-state index is 13.2. The fourth-order valence-electron chi connectivity index (χ4n) is 3.62. The number of fused-ring (bicyclic) bond motifs is 1.